The van der Waals surface area contributed by atoms with Crippen LogP contribution in [0.25, 0.3) is 0 Å². The lowest BCUT2D eigenvalue weighted by Crippen LogP contribution is -2.27. The van der Waals surface area contributed by atoms with E-state index in [0.717, 1.165) is 36.5 Å². The molecule has 1 aromatic carbocycles. The maximum Gasteiger partial charge on any atom is 0.123 e. The van der Waals surface area contributed by atoms with E-state index in [9.17, 15) is 4.39 Å². The number of nitrogens with two attached hydrogens (primary N) is 1. The van der Waals surface area contributed by atoms with Gasteiger partial charge in [-0.1, -0.05) is 19.9 Å². The third-order valence-corrected chi connectivity index (χ3v) is 5.08. The topological polar surface area (TPSA) is 29.3 Å². The van der Waals surface area contributed by atoms with Gasteiger partial charge in [-0.2, -0.15) is 11.8 Å². The van der Waals surface area contributed by atoms with Gasteiger partial charge in [0.2, 0.25) is 0 Å². The van der Waals surface area contributed by atoms with E-state index in [-0.39, 0.29) is 5.82 Å². The first kappa shape index (κ1) is 14.8. The summed E-state index contributed by atoms with van der Waals surface area (Å²) in [5.74, 6) is 0.969. The molecule has 0 atom stereocenters. The van der Waals surface area contributed by atoms with Gasteiger partial charge in [0.05, 0.1) is 0 Å². The van der Waals surface area contributed by atoms with Gasteiger partial charge in [-0.25, -0.2) is 4.39 Å². The smallest absolute Gasteiger partial charge is 0.123 e. The SMILES string of the molecule is CC1(C)CCN(Cc2cc(F)ccc2CN)CCS1. The number of rotatable bonds is 3. The van der Waals surface area contributed by atoms with Crippen LogP contribution in [-0.2, 0) is 13.1 Å². The van der Waals surface area contributed by atoms with Crippen molar-refractivity contribution in [2.45, 2.75) is 38.1 Å². The normalized spacial score (nSPS) is 20.2. The molecule has 4 heteroatoms. The highest BCUT2D eigenvalue weighted by molar-refractivity contribution is 8.00. The van der Waals surface area contributed by atoms with Crippen molar-refractivity contribution in [3.8, 4) is 0 Å². The second-order valence-electron chi connectivity index (χ2n) is 5.75. The zero-order valence-electron chi connectivity index (χ0n) is 11.8. The Morgan fingerprint density at radius 2 is 2.11 bits per heavy atom. The molecule has 2 N–H and O–H groups in total. The maximum atomic E-state index is 13.4. The molecule has 2 rings (SSSR count). The number of benzene rings is 1. The molecular formula is C15H23FN2S. The summed E-state index contributed by atoms with van der Waals surface area (Å²) in [6.07, 6.45) is 1.17. The Bertz CT molecular complexity index is 434. The van der Waals surface area contributed by atoms with Gasteiger partial charge in [-0.3, -0.25) is 4.90 Å². The van der Waals surface area contributed by atoms with Gasteiger partial charge in [0.25, 0.3) is 0 Å². The number of thioether (sulfide) groups is 1. The molecule has 19 heavy (non-hydrogen) atoms. The van der Waals surface area contributed by atoms with Crippen molar-refractivity contribution in [1.82, 2.24) is 4.90 Å². The van der Waals surface area contributed by atoms with Gasteiger partial charge < -0.3 is 5.73 Å². The van der Waals surface area contributed by atoms with E-state index in [4.69, 9.17) is 5.73 Å². The summed E-state index contributed by atoms with van der Waals surface area (Å²) in [6.45, 7) is 8.02. The van der Waals surface area contributed by atoms with Crippen LogP contribution in [0.15, 0.2) is 18.2 Å². The molecule has 0 radical (unpaired) electrons. The Hall–Kier alpha value is -0.580. The average molecular weight is 282 g/mol. The first-order valence-electron chi connectivity index (χ1n) is 6.84. The van der Waals surface area contributed by atoms with Crippen LogP contribution in [0.3, 0.4) is 0 Å². The molecule has 1 aromatic rings. The van der Waals surface area contributed by atoms with Crippen LogP contribution < -0.4 is 5.73 Å². The lowest BCUT2D eigenvalue weighted by Gasteiger charge is -2.23. The van der Waals surface area contributed by atoms with Gasteiger partial charge in [-0.15, -0.1) is 0 Å². The van der Waals surface area contributed by atoms with E-state index < -0.39 is 0 Å². The molecule has 1 aliphatic rings. The molecule has 0 saturated carbocycles. The number of nitrogens with zero attached hydrogens (tertiary/aromatic N) is 1. The highest BCUT2D eigenvalue weighted by Gasteiger charge is 2.23. The number of hydrogen-bond donors (Lipinski definition) is 1. The Balaban J connectivity index is 2.06. The zero-order valence-corrected chi connectivity index (χ0v) is 12.6. The van der Waals surface area contributed by atoms with E-state index in [0.29, 0.717) is 11.3 Å². The molecule has 2 nitrogen and oxygen atoms in total. The Morgan fingerprint density at radius 3 is 2.84 bits per heavy atom. The van der Waals surface area contributed by atoms with Crippen molar-refractivity contribution in [3.63, 3.8) is 0 Å². The van der Waals surface area contributed by atoms with Gasteiger partial charge >= 0.3 is 0 Å². The predicted molar refractivity (Wildman–Crippen MR) is 80.7 cm³/mol. The van der Waals surface area contributed by atoms with Crippen LogP contribution >= 0.6 is 11.8 Å². The van der Waals surface area contributed by atoms with Gasteiger partial charge in [0, 0.05) is 30.1 Å². The van der Waals surface area contributed by atoms with Crippen LogP contribution in [0, 0.1) is 5.82 Å². The molecule has 0 unspecified atom stereocenters. The maximum absolute atomic E-state index is 13.4. The molecule has 1 heterocycles. The molecule has 1 aliphatic heterocycles. The quantitative estimate of drug-likeness (QED) is 0.924. The third-order valence-electron chi connectivity index (χ3n) is 3.71. The van der Waals surface area contributed by atoms with E-state index in [1.807, 2.05) is 11.8 Å². The van der Waals surface area contributed by atoms with Crippen molar-refractivity contribution < 1.29 is 4.39 Å². The molecule has 1 saturated heterocycles. The molecule has 0 aromatic heterocycles. The Morgan fingerprint density at radius 1 is 1.32 bits per heavy atom. The molecule has 0 spiro atoms. The highest BCUT2D eigenvalue weighted by atomic mass is 32.2. The number of halogens is 1. The predicted octanol–water partition coefficient (Wildman–Crippen LogP) is 3.00. The van der Waals surface area contributed by atoms with Crippen LogP contribution in [0.5, 0.6) is 0 Å². The third kappa shape index (κ3) is 4.20. The first-order valence-corrected chi connectivity index (χ1v) is 7.82. The molecular weight excluding hydrogens is 259 g/mol. The summed E-state index contributed by atoms with van der Waals surface area (Å²) in [5, 5.41) is 0. The summed E-state index contributed by atoms with van der Waals surface area (Å²) in [6, 6.07) is 4.93. The molecule has 0 amide bonds. The van der Waals surface area contributed by atoms with E-state index >= 15 is 0 Å². The standard InChI is InChI=1S/C15H23FN2S/c1-15(2)5-6-18(7-8-19-15)11-13-9-14(16)4-3-12(13)10-17/h3-4,9H,5-8,10-11,17H2,1-2H3. The van der Waals surface area contributed by atoms with Crippen molar-refractivity contribution in [2.75, 3.05) is 18.8 Å². The van der Waals surface area contributed by atoms with Crippen molar-refractivity contribution in [2.24, 2.45) is 5.73 Å². The number of hydrogen-bond acceptors (Lipinski definition) is 3. The van der Waals surface area contributed by atoms with Crippen LogP contribution in [0.2, 0.25) is 0 Å². The largest absolute Gasteiger partial charge is 0.326 e. The van der Waals surface area contributed by atoms with Gasteiger partial charge in [-0.05, 0) is 36.2 Å². The summed E-state index contributed by atoms with van der Waals surface area (Å²) < 4.78 is 13.7. The molecule has 106 valence electrons. The average Bonchev–Trinajstić information content (AvgIpc) is 2.51. The summed E-state index contributed by atoms with van der Waals surface area (Å²) in [7, 11) is 0. The van der Waals surface area contributed by atoms with Crippen molar-refractivity contribution in [1.29, 1.82) is 0 Å². The lowest BCUT2D eigenvalue weighted by atomic mass is 10.1. The van der Waals surface area contributed by atoms with Crippen molar-refractivity contribution >= 4 is 11.8 Å². The van der Waals surface area contributed by atoms with E-state index in [1.54, 1.807) is 12.1 Å². The highest BCUT2D eigenvalue weighted by Crippen LogP contribution is 2.31. The fourth-order valence-electron chi connectivity index (χ4n) is 2.40. The minimum Gasteiger partial charge on any atom is -0.326 e. The first-order chi connectivity index (χ1) is 9.00. The minimum atomic E-state index is -0.170. The van der Waals surface area contributed by atoms with Gasteiger partial charge in [0.1, 0.15) is 5.82 Å². The fraction of sp³-hybridized carbons (Fsp3) is 0.600. The van der Waals surface area contributed by atoms with Crippen LogP contribution in [0.4, 0.5) is 4.39 Å². The monoisotopic (exact) mass is 282 g/mol. The summed E-state index contributed by atoms with van der Waals surface area (Å²) in [5.41, 5.74) is 7.82. The van der Waals surface area contributed by atoms with Crippen LogP contribution in [0.1, 0.15) is 31.4 Å². The fourth-order valence-corrected chi connectivity index (χ4v) is 3.54. The second kappa shape index (κ2) is 6.25. The lowest BCUT2D eigenvalue weighted by molar-refractivity contribution is 0.275. The molecule has 0 aliphatic carbocycles. The van der Waals surface area contributed by atoms with E-state index in [1.165, 1.54) is 12.5 Å². The second-order valence-corrected chi connectivity index (χ2v) is 7.55. The molecule has 0 bridgehead atoms. The summed E-state index contributed by atoms with van der Waals surface area (Å²) >= 11 is 2.03. The Kier molecular flexibility index (Phi) is 4.87. The summed E-state index contributed by atoms with van der Waals surface area (Å²) in [4.78, 5) is 2.41. The Labute approximate surface area is 119 Å². The van der Waals surface area contributed by atoms with Gasteiger partial charge in [0.15, 0.2) is 0 Å². The van der Waals surface area contributed by atoms with Crippen LogP contribution in [-0.4, -0.2) is 28.5 Å². The van der Waals surface area contributed by atoms with Crippen molar-refractivity contribution in [3.05, 3.63) is 35.1 Å². The molecule has 1 fully saturated rings. The van der Waals surface area contributed by atoms with E-state index in [2.05, 4.69) is 18.7 Å². The zero-order chi connectivity index (χ0) is 13.9. The minimum absolute atomic E-state index is 0.170.